The minimum atomic E-state index is 0.346. The van der Waals surface area contributed by atoms with Crippen molar-refractivity contribution in [1.82, 2.24) is 0 Å². The highest BCUT2D eigenvalue weighted by Crippen LogP contribution is 2.35. The second-order valence-corrected chi connectivity index (χ2v) is 3.71. The molecule has 1 aliphatic rings. The number of thioether (sulfide) groups is 1. The molecule has 0 spiro atoms. The van der Waals surface area contributed by atoms with E-state index in [9.17, 15) is 0 Å². The van der Waals surface area contributed by atoms with Gasteiger partial charge in [0, 0.05) is 5.56 Å². The topological polar surface area (TPSA) is 18.5 Å². The van der Waals surface area contributed by atoms with Crippen LogP contribution in [-0.4, -0.2) is 13.0 Å². The summed E-state index contributed by atoms with van der Waals surface area (Å²) >= 11 is 1.70. The first-order valence-electron chi connectivity index (χ1n) is 4.47. The quantitative estimate of drug-likeness (QED) is 0.761. The van der Waals surface area contributed by atoms with E-state index in [2.05, 4.69) is 17.6 Å². The van der Waals surface area contributed by atoms with Crippen LogP contribution in [0.15, 0.2) is 29.7 Å². The van der Waals surface area contributed by atoms with Gasteiger partial charge in [0.15, 0.2) is 11.5 Å². The first-order valence-corrected chi connectivity index (χ1v) is 5.76. The number of benzene rings is 1. The van der Waals surface area contributed by atoms with Gasteiger partial charge >= 0.3 is 0 Å². The molecule has 0 fully saturated rings. The molecule has 0 N–H and O–H groups in total. The van der Waals surface area contributed by atoms with E-state index in [0.717, 1.165) is 17.9 Å². The third-order valence-electron chi connectivity index (χ3n) is 2.05. The van der Waals surface area contributed by atoms with Crippen molar-refractivity contribution in [2.24, 2.45) is 0 Å². The Hall–Kier alpha value is -1.09. The van der Waals surface area contributed by atoms with Gasteiger partial charge in [-0.2, -0.15) is 0 Å². The molecule has 0 aromatic heterocycles. The van der Waals surface area contributed by atoms with Crippen LogP contribution in [0.2, 0.25) is 0 Å². The van der Waals surface area contributed by atoms with Crippen molar-refractivity contribution in [2.75, 3.05) is 13.0 Å². The molecule has 0 bridgehead atoms. The molecule has 1 heterocycles. The first-order chi connectivity index (χ1) is 6.92. The number of para-hydroxylation sites is 1. The second kappa shape index (κ2) is 4.42. The van der Waals surface area contributed by atoms with E-state index in [-0.39, 0.29) is 0 Å². The monoisotopic (exact) mass is 208 g/mol. The maximum Gasteiger partial charge on any atom is 0.231 e. The molecule has 1 aromatic carbocycles. The van der Waals surface area contributed by atoms with Crippen LogP contribution >= 0.6 is 11.8 Å². The maximum atomic E-state index is 5.40. The van der Waals surface area contributed by atoms with E-state index >= 15 is 0 Å². The molecule has 0 saturated carbocycles. The van der Waals surface area contributed by atoms with Gasteiger partial charge in [-0.05, 0) is 24.2 Å². The van der Waals surface area contributed by atoms with Gasteiger partial charge in [0.25, 0.3) is 0 Å². The van der Waals surface area contributed by atoms with Crippen LogP contribution in [0.3, 0.4) is 0 Å². The fourth-order valence-corrected chi connectivity index (χ4v) is 1.71. The summed E-state index contributed by atoms with van der Waals surface area (Å²) in [4.78, 5) is 0. The van der Waals surface area contributed by atoms with Gasteiger partial charge in [-0.15, -0.1) is 11.8 Å². The molecule has 2 nitrogen and oxygen atoms in total. The van der Waals surface area contributed by atoms with Crippen molar-refractivity contribution in [2.45, 2.75) is 6.42 Å². The molecule has 2 rings (SSSR count). The summed E-state index contributed by atoms with van der Waals surface area (Å²) < 4.78 is 10.7. The van der Waals surface area contributed by atoms with Gasteiger partial charge in [-0.25, -0.2) is 0 Å². The Morgan fingerprint density at radius 1 is 1.43 bits per heavy atom. The van der Waals surface area contributed by atoms with Gasteiger partial charge in [0.1, 0.15) is 0 Å². The zero-order valence-electron chi connectivity index (χ0n) is 8.03. The zero-order valence-corrected chi connectivity index (χ0v) is 8.84. The Kier molecular flexibility index (Phi) is 2.99. The standard InChI is InChI=1S/C11H12O2S/c1-14-7-3-5-9-4-2-6-10-11(9)13-8-12-10/h2-4,6-7H,5,8H2,1H3/b7-3+. The Balaban J connectivity index is 2.18. The lowest BCUT2D eigenvalue weighted by molar-refractivity contribution is 0.173. The third kappa shape index (κ3) is 1.87. The molecule has 0 saturated heterocycles. The normalized spacial score (nSPS) is 13.8. The molecule has 0 unspecified atom stereocenters. The summed E-state index contributed by atoms with van der Waals surface area (Å²) in [6.07, 6.45) is 5.07. The van der Waals surface area contributed by atoms with E-state index in [4.69, 9.17) is 9.47 Å². The highest BCUT2D eigenvalue weighted by molar-refractivity contribution is 8.01. The van der Waals surface area contributed by atoms with Gasteiger partial charge in [-0.1, -0.05) is 18.2 Å². The average molecular weight is 208 g/mol. The lowest BCUT2D eigenvalue weighted by atomic mass is 10.1. The smallest absolute Gasteiger partial charge is 0.231 e. The number of fused-ring (bicyclic) bond motifs is 1. The Morgan fingerprint density at radius 2 is 2.36 bits per heavy atom. The molecule has 3 heteroatoms. The lowest BCUT2D eigenvalue weighted by Crippen LogP contribution is -1.94. The minimum Gasteiger partial charge on any atom is -0.454 e. The molecule has 1 aliphatic heterocycles. The molecule has 74 valence electrons. The Labute approximate surface area is 87.9 Å². The van der Waals surface area contributed by atoms with Crippen molar-refractivity contribution in [3.63, 3.8) is 0 Å². The van der Waals surface area contributed by atoms with Crippen molar-refractivity contribution < 1.29 is 9.47 Å². The van der Waals surface area contributed by atoms with Crippen LogP contribution in [0.1, 0.15) is 5.56 Å². The number of hydrogen-bond acceptors (Lipinski definition) is 3. The second-order valence-electron chi connectivity index (χ2n) is 2.96. The highest BCUT2D eigenvalue weighted by atomic mass is 32.2. The molecular weight excluding hydrogens is 196 g/mol. The van der Waals surface area contributed by atoms with Crippen LogP contribution in [0.5, 0.6) is 11.5 Å². The predicted molar refractivity (Wildman–Crippen MR) is 58.9 cm³/mol. The zero-order chi connectivity index (χ0) is 9.80. The Morgan fingerprint density at radius 3 is 3.21 bits per heavy atom. The number of allylic oxidation sites excluding steroid dienone is 1. The van der Waals surface area contributed by atoms with Crippen molar-refractivity contribution in [3.8, 4) is 11.5 Å². The fourth-order valence-electron chi connectivity index (χ4n) is 1.42. The molecular formula is C11H12O2S. The summed E-state index contributed by atoms with van der Waals surface area (Å²) in [7, 11) is 0. The molecule has 1 aromatic rings. The fraction of sp³-hybridized carbons (Fsp3) is 0.273. The van der Waals surface area contributed by atoms with E-state index < -0.39 is 0 Å². The van der Waals surface area contributed by atoms with Gasteiger partial charge in [0.05, 0.1) is 0 Å². The summed E-state index contributed by atoms with van der Waals surface area (Å²) in [5, 5.41) is 2.08. The van der Waals surface area contributed by atoms with Gasteiger partial charge < -0.3 is 9.47 Å². The van der Waals surface area contributed by atoms with Crippen LogP contribution in [0.4, 0.5) is 0 Å². The molecule has 14 heavy (non-hydrogen) atoms. The predicted octanol–water partition coefficient (Wildman–Crippen LogP) is 2.83. The van der Waals surface area contributed by atoms with Crippen molar-refractivity contribution >= 4 is 11.8 Å². The number of ether oxygens (including phenoxy) is 2. The Bertz CT molecular complexity index is 347. The van der Waals surface area contributed by atoms with Crippen molar-refractivity contribution in [3.05, 3.63) is 35.2 Å². The maximum absolute atomic E-state index is 5.40. The van der Waals surface area contributed by atoms with Crippen LogP contribution in [0, 0.1) is 0 Å². The molecule has 0 aliphatic carbocycles. The first kappa shape index (κ1) is 9.46. The van der Waals surface area contributed by atoms with Crippen LogP contribution < -0.4 is 9.47 Å². The third-order valence-corrected chi connectivity index (χ3v) is 2.51. The summed E-state index contributed by atoms with van der Waals surface area (Å²) in [6, 6.07) is 6.00. The van der Waals surface area contributed by atoms with Gasteiger partial charge in [0.2, 0.25) is 6.79 Å². The largest absolute Gasteiger partial charge is 0.454 e. The minimum absolute atomic E-state index is 0.346. The molecule has 0 atom stereocenters. The number of hydrogen-bond donors (Lipinski definition) is 0. The molecule has 0 amide bonds. The van der Waals surface area contributed by atoms with E-state index in [1.807, 2.05) is 18.4 Å². The number of rotatable bonds is 3. The van der Waals surface area contributed by atoms with E-state index in [0.29, 0.717) is 6.79 Å². The van der Waals surface area contributed by atoms with Crippen LogP contribution in [-0.2, 0) is 6.42 Å². The van der Waals surface area contributed by atoms with Crippen LogP contribution in [0.25, 0.3) is 0 Å². The van der Waals surface area contributed by atoms with E-state index in [1.165, 1.54) is 5.56 Å². The highest BCUT2D eigenvalue weighted by Gasteiger charge is 2.15. The SMILES string of the molecule is CS/C=C/Cc1cccc2c1OCO2. The summed E-state index contributed by atoms with van der Waals surface area (Å²) in [5.41, 5.74) is 1.19. The lowest BCUT2D eigenvalue weighted by Gasteiger charge is -2.01. The molecule has 0 radical (unpaired) electrons. The average Bonchev–Trinajstić information content (AvgIpc) is 2.67. The van der Waals surface area contributed by atoms with Crippen molar-refractivity contribution in [1.29, 1.82) is 0 Å². The summed E-state index contributed by atoms with van der Waals surface area (Å²) in [5.74, 6) is 1.76. The van der Waals surface area contributed by atoms with E-state index in [1.54, 1.807) is 11.8 Å². The van der Waals surface area contributed by atoms with Gasteiger partial charge in [-0.3, -0.25) is 0 Å². The summed E-state index contributed by atoms with van der Waals surface area (Å²) in [6.45, 7) is 0.346.